The largest absolute Gasteiger partial charge is 0.415 e. The molecule has 1 heterocycles. The molecular formula is C11H15F3N2OS. The first-order chi connectivity index (χ1) is 8.18. The molecule has 0 spiro atoms. The average Bonchev–Trinajstić information content (AvgIpc) is 2.72. The summed E-state index contributed by atoms with van der Waals surface area (Å²) in [4.78, 5) is 13.3. The Morgan fingerprint density at radius 3 is 2.39 bits per heavy atom. The van der Waals surface area contributed by atoms with Crippen molar-refractivity contribution >= 4 is 17.2 Å². The zero-order valence-electron chi connectivity index (χ0n) is 10.1. The van der Waals surface area contributed by atoms with Crippen LogP contribution in [0.2, 0.25) is 0 Å². The van der Waals surface area contributed by atoms with Crippen molar-refractivity contribution in [1.29, 1.82) is 0 Å². The maximum absolute atomic E-state index is 12.5. The van der Waals surface area contributed by atoms with Gasteiger partial charge in [-0.2, -0.15) is 13.2 Å². The summed E-state index contributed by atoms with van der Waals surface area (Å²) in [6.45, 7) is 2.70. The van der Waals surface area contributed by atoms with Gasteiger partial charge in [0, 0.05) is 9.75 Å². The van der Waals surface area contributed by atoms with Gasteiger partial charge in [-0.05, 0) is 25.5 Å². The van der Waals surface area contributed by atoms with Crippen molar-refractivity contribution in [2.75, 3.05) is 0 Å². The number of amides is 1. The predicted molar refractivity (Wildman–Crippen MR) is 64.2 cm³/mol. The Balaban J connectivity index is 2.61. The van der Waals surface area contributed by atoms with Crippen LogP contribution in [-0.2, 0) is 17.8 Å². The lowest BCUT2D eigenvalue weighted by Crippen LogP contribution is -2.61. The lowest BCUT2D eigenvalue weighted by Gasteiger charge is -2.25. The van der Waals surface area contributed by atoms with E-state index in [1.54, 1.807) is 6.07 Å². The first kappa shape index (κ1) is 15.0. The number of halogens is 3. The third kappa shape index (κ3) is 3.23. The van der Waals surface area contributed by atoms with Crippen LogP contribution < -0.4 is 11.1 Å². The second-order valence-electron chi connectivity index (χ2n) is 4.10. The Morgan fingerprint density at radius 2 is 1.94 bits per heavy atom. The molecule has 0 aliphatic heterocycles. The Bertz CT molecular complexity index is 426. The van der Waals surface area contributed by atoms with Gasteiger partial charge in [-0.3, -0.25) is 4.79 Å². The number of thiophene rings is 1. The molecule has 7 heteroatoms. The Kier molecular flexibility index (Phi) is 4.39. The minimum atomic E-state index is -4.76. The number of nitrogens with one attached hydrogen (secondary N) is 1. The lowest BCUT2D eigenvalue weighted by molar-refractivity contribution is -0.187. The molecule has 3 N–H and O–H groups in total. The second-order valence-corrected chi connectivity index (χ2v) is 5.36. The van der Waals surface area contributed by atoms with Crippen molar-refractivity contribution in [2.24, 2.45) is 5.73 Å². The molecule has 0 radical (unpaired) electrons. The fraction of sp³-hybridized carbons (Fsp3) is 0.545. The van der Waals surface area contributed by atoms with Crippen LogP contribution in [0.1, 0.15) is 23.6 Å². The maximum Gasteiger partial charge on any atom is 0.415 e. The van der Waals surface area contributed by atoms with E-state index in [4.69, 9.17) is 5.73 Å². The van der Waals surface area contributed by atoms with Gasteiger partial charge in [-0.15, -0.1) is 11.3 Å². The number of rotatable bonds is 4. The van der Waals surface area contributed by atoms with Crippen LogP contribution >= 0.6 is 11.3 Å². The molecule has 1 unspecified atom stereocenters. The van der Waals surface area contributed by atoms with Crippen molar-refractivity contribution in [2.45, 2.75) is 38.5 Å². The topological polar surface area (TPSA) is 55.1 Å². The molecule has 18 heavy (non-hydrogen) atoms. The standard InChI is InChI=1S/C11H15F3N2OS/c1-3-7-4-5-8(18-7)6-16-9(17)10(2,15)11(12,13)14/h4-5H,3,6,15H2,1-2H3,(H,16,17). The Hall–Kier alpha value is -1.08. The van der Waals surface area contributed by atoms with E-state index in [-0.39, 0.29) is 6.54 Å². The molecule has 1 amide bonds. The smallest absolute Gasteiger partial charge is 0.349 e. The van der Waals surface area contributed by atoms with Crippen molar-refractivity contribution in [1.82, 2.24) is 5.32 Å². The minimum Gasteiger partial charge on any atom is -0.349 e. The van der Waals surface area contributed by atoms with Gasteiger partial charge in [0.15, 0.2) is 5.54 Å². The van der Waals surface area contributed by atoms with Crippen LogP contribution in [-0.4, -0.2) is 17.6 Å². The summed E-state index contributed by atoms with van der Waals surface area (Å²) in [5.74, 6) is -1.22. The second kappa shape index (κ2) is 5.27. The zero-order chi connectivity index (χ0) is 14.0. The number of carbonyl (C=O) groups excluding carboxylic acids is 1. The molecule has 0 bridgehead atoms. The van der Waals surface area contributed by atoms with Gasteiger partial charge >= 0.3 is 6.18 Å². The van der Waals surface area contributed by atoms with E-state index in [1.807, 2.05) is 13.0 Å². The summed E-state index contributed by atoms with van der Waals surface area (Å²) in [5, 5.41) is 2.21. The van der Waals surface area contributed by atoms with E-state index in [2.05, 4.69) is 5.32 Å². The lowest BCUT2D eigenvalue weighted by atomic mass is 10.0. The normalized spacial score (nSPS) is 15.2. The van der Waals surface area contributed by atoms with E-state index in [0.717, 1.165) is 16.2 Å². The number of alkyl halides is 3. The van der Waals surface area contributed by atoms with Crippen molar-refractivity contribution in [3.63, 3.8) is 0 Å². The molecule has 1 aromatic rings. The quantitative estimate of drug-likeness (QED) is 0.888. The van der Waals surface area contributed by atoms with Crippen molar-refractivity contribution in [3.8, 4) is 0 Å². The monoisotopic (exact) mass is 280 g/mol. The predicted octanol–water partition coefficient (Wildman–Crippen LogP) is 2.21. The van der Waals surface area contributed by atoms with Crippen LogP contribution in [0.5, 0.6) is 0 Å². The highest BCUT2D eigenvalue weighted by molar-refractivity contribution is 7.11. The molecule has 102 valence electrons. The summed E-state index contributed by atoms with van der Waals surface area (Å²) in [6.07, 6.45) is -3.91. The maximum atomic E-state index is 12.5. The van der Waals surface area contributed by atoms with Gasteiger partial charge in [0.05, 0.1) is 6.54 Å². The van der Waals surface area contributed by atoms with Gasteiger partial charge in [-0.25, -0.2) is 0 Å². The summed E-state index contributed by atoms with van der Waals surface area (Å²) >= 11 is 1.46. The zero-order valence-corrected chi connectivity index (χ0v) is 10.9. The van der Waals surface area contributed by atoms with E-state index >= 15 is 0 Å². The SMILES string of the molecule is CCc1ccc(CNC(=O)C(C)(N)C(F)(F)F)s1. The van der Waals surface area contributed by atoms with Gasteiger partial charge in [-0.1, -0.05) is 6.92 Å². The third-order valence-electron chi connectivity index (χ3n) is 2.55. The summed E-state index contributed by atoms with van der Waals surface area (Å²) in [6, 6.07) is 3.67. The van der Waals surface area contributed by atoms with Crippen molar-refractivity contribution in [3.05, 3.63) is 21.9 Å². The highest BCUT2D eigenvalue weighted by Gasteiger charge is 2.53. The molecule has 1 rings (SSSR count). The van der Waals surface area contributed by atoms with Gasteiger partial charge in [0.2, 0.25) is 5.91 Å². The molecule has 0 aliphatic rings. The highest BCUT2D eigenvalue weighted by Crippen LogP contribution is 2.28. The molecule has 3 nitrogen and oxygen atoms in total. The Morgan fingerprint density at radius 1 is 1.39 bits per heavy atom. The molecule has 1 aromatic heterocycles. The summed E-state index contributed by atoms with van der Waals surface area (Å²) < 4.78 is 37.5. The summed E-state index contributed by atoms with van der Waals surface area (Å²) in [7, 11) is 0. The van der Waals surface area contributed by atoms with Gasteiger partial charge in [0.1, 0.15) is 0 Å². The number of nitrogens with two attached hydrogens (primary N) is 1. The van der Waals surface area contributed by atoms with Crippen LogP contribution in [0.3, 0.4) is 0 Å². The number of carbonyl (C=O) groups is 1. The molecule has 0 saturated carbocycles. The van der Waals surface area contributed by atoms with Crippen LogP contribution in [0.4, 0.5) is 13.2 Å². The fourth-order valence-electron chi connectivity index (χ4n) is 1.19. The van der Waals surface area contributed by atoms with Crippen LogP contribution in [0, 0.1) is 0 Å². The highest BCUT2D eigenvalue weighted by atomic mass is 32.1. The van der Waals surface area contributed by atoms with Crippen LogP contribution in [0.25, 0.3) is 0 Å². The molecule has 0 aromatic carbocycles. The van der Waals surface area contributed by atoms with Gasteiger partial charge < -0.3 is 11.1 Å². The first-order valence-corrected chi connectivity index (χ1v) is 6.21. The van der Waals surface area contributed by atoms with E-state index in [0.29, 0.717) is 6.92 Å². The number of hydrogen-bond donors (Lipinski definition) is 2. The summed E-state index contributed by atoms with van der Waals surface area (Å²) in [5.41, 5.74) is 2.14. The minimum absolute atomic E-state index is 0.0619. The number of aryl methyl sites for hydroxylation is 1. The van der Waals surface area contributed by atoms with Crippen LogP contribution in [0.15, 0.2) is 12.1 Å². The van der Waals surface area contributed by atoms with Gasteiger partial charge in [0.25, 0.3) is 0 Å². The molecule has 0 aliphatic carbocycles. The van der Waals surface area contributed by atoms with E-state index in [9.17, 15) is 18.0 Å². The fourth-order valence-corrected chi connectivity index (χ4v) is 2.08. The van der Waals surface area contributed by atoms with E-state index < -0.39 is 17.6 Å². The number of hydrogen-bond acceptors (Lipinski definition) is 3. The molecule has 1 atom stereocenters. The molecular weight excluding hydrogens is 265 g/mol. The van der Waals surface area contributed by atoms with E-state index in [1.165, 1.54) is 11.3 Å². The molecule has 0 saturated heterocycles. The average molecular weight is 280 g/mol. The Labute approximate surface area is 107 Å². The first-order valence-electron chi connectivity index (χ1n) is 5.40. The molecule has 0 fully saturated rings. The third-order valence-corrected chi connectivity index (χ3v) is 3.78. The van der Waals surface area contributed by atoms with Crippen molar-refractivity contribution < 1.29 is 18.0 Å².